The largest absolute Gasteiger partial charge is 0.457 e. The third-order valence-electron chi connectivity index (χ3n) is 5.28. The van der Waals surface area contributed by atoms with Crippen molar-refractivity contribution in [3.05, 3.63) is 77.8 Å². The van der Waals surface area contributed by atoms with E-state index in [-0.39, 0.29) is 17.0 Å². The minimum atomic E-state index is -3.55. The van der Waals surface area contributed by atoms with Gasteiger partial charge < -0.3 is 10.5 Å². The molecule has 0 aliphatic rings. The van der Waals surface area contributed by atoms with E-state index in [1.54, 1.807) is 37.3 Å². The van der Waals surface area contributed by atoms with E-state index >= 15 is 0 Å². The van der Waals surface area contributed by atoms with Gasteiger partial charge in [-0.2, -0.15) is 0 Å². The molecule has 3 aromatic carbocycles. The van der Waals surface area contributed by atoms with Gasteiger partial charge in [0, 0.05) is 10.9 Å². The summed E-state index contributed by atoms with van der Waals surface area (Å²) in [5.74, 6) is 0.142. The average molecular weight is 486 g/mol. The lowest BCUT2D eigenvalue weighted by Crippen LogP contribution is -2.21. The summed E-state index contributed by atoms with van der Waals surface area (Å²) in [4.78, 5) is 8.58. The minimum absolute atomic E-state index is 0.139. The van der Waals surface area contributed by atoms with Gasteiger partial charge in [-0.15, -0.1) is 0 Å². The van der Waals surface area contributed by atoms with E-state index in [0.717, 1.165) is 0 Å². The highest BCUT2D eigenvalue weighted by atomic mass is 35.5. The Bertz CT molecular complexity index is 1430. The molecule has 1 atom stereocenters. The molecule has 0 radical (unpaired) electrons. The van der Waals surface area contributed by atoms with Crippen molar-refractivity contribution in [1.82, 2.24) is 9.97 Å². The second kappa shape index (κ2) is 9.43. The first-order chi connectivity index (χ1) is 15.8. The molecule has 0 saturated heterocycles. The molecule has 0 saturated carbocycles. The molecule has 2 N–H and O–H groups in total. The summed E-state index contributed by atoms with van der Waals surface area (Å²) >= 11 is 6.22. The van der Waals surface area contributed by atoms with Crippen LogP contribution in [-0.2, 0) is 9.84 Å². The summed E-state index contributed by atoms with van der Waals surface area (Å²) in [5.41, 5.74) is 6.61. The van der Waals surface area contributed by atoms with Gasteiger partial charge in [0.25, 0.3) is 0 Å². The van der Waals surface area contributed by atoms with Gasteiger partial charge in [0.2, 0.25) is 0 Å². The van der Waals surface area contributed by atoms with Gasteiger partial charge in [-0.05, 0) is 62.4 Å². The molecule has 6 nitrogen and oxygen atoms in total. The third kappa shape index (κ3) is 4.68. The molecule has 4 rings (SSSR count). The van der Waals surface area contributed by atoms with Crippen LogP contribution in [0.15, 0.2) is 71.9 Å². The fraction of sp³-hybridized carbons (Fsp3) is 0.167. The van der Waals surface area contributed by atoms with E-state index < -0.39 is 20.9 Å². The molecule has 4 aromatic rings. The SMILES string of the molecule is CC(CCN)S(=O)(=O)c1cccc(Oc2ccc(F)c(-c3ncnc4c(Cl)cccc34)c2)c1. The summed E-state index contributed by atoms with van der Waals surface area (Å²) in [6, 6.07) is 15.7. The maximum Gasteiger partial charge on any atom is 0.181 e. The van der Waals surface area contributed by atoms with Gasteiger partial charge >= 0.3 is 0 Å². The van der Waals surface area contributed by atoms with Crippen LogP contribution in [0.3, 0.4) is 0 Å². The van der Waals surface area contributed by atoms with Crippen LogP contribution in [0.1, 0.15) is 13.3 Å². The van der Waals surface area contributed by atoms with Gasteiger partial charge in [0.15, 0.2) is 9.84 Å². The fourth-order valence-corrected chi connectivity index (χ4v) is 5.17. The highest BCUT2D eigenvalue weighted by Crippen LogP contribution is 2.34. The summed E-state index contributed by atoms with van der Waals surface area (Å²) in [6.07, 6.45) is 1.68. The lowest BCUT2D eigenvalue weighted by Gasteiger charge is -2.14. The van der Waals surface area contributed by atoms with Crippen LogP contribution in [-0.4, -0.2) is 30.2 Å². The first-order valence-corrected chi connectivity index (χ1v) is 12.1. The molecule has 170 valence electrons. The quantitative estimate of drug-likeness (QED) is 0.377. The first-order valence-electron chi connectivity index (χ1n) is 10.2. The lowest BCUT2D eigenvalue weighted by atomic mass is 10.1. The Morgan fingerprint density at radius 3 is 2.61 bits per heavy atom. The van der Waals surface area contributed by atoms with Crippen molar-refractivity contribution in [2.75, 3.05) is 6.54 Å². The number of nitrogens with two attached hydrogens (primary N) is 1. The van der Waals surface area contributed by atoms with E-state index in [1.807, 2.05) is 0 Å². The fourth-order valence-electron chi connectivity index (χ4n) is 3.49. The number of hydrogen-bond acceptors (Lipinski definition) is 6. The van der Waals surface area contributed by atoms with Crippen LogP contribution < -0.4 is 10.5 Å². The zero-order valence-electron chi connectivity index (χ0n) is 17.7. The maximum atomic E-state index is 14.8. The molecule has 0 bridgehead atoms. The lowest BCUT2D eigenvalue weighted by molar-refractivity contribution is 0.479. The molecule has 33 heavy (non-hydrogen) atoms. The third-order valence-corrected chi connectivity index (χ3v) is 7.79. The Balaban J connectivity index is 1.70. The van der Waals surface area contributed by atoms with Gasteiger partial charge in [-0.1, -0.05) is 29.8 Å². The highest BCUT2D eigenvalue weighted by molar-refractivity contribution is 7.92. The van der Waals surface area contributed by atoms with Crippen molar-refractivity contribution in [2.24, 2.45) is 5.73 Å². The predicted molar refractivity (Wildman–Crippen MR) is 127 cm³/mol. The number of para-hydroxylation sites is 1. The number of sulfone groups is 1. The average Bonchev–Trinajstić information content (AvgIpc) is 2.81. The Labute approximate surface area is 196 Å². The standard InChI is InChI=1S/C24H21ClFN3O3S/c1-15(10-11-27)33(30,31)18-5-2-4-16(12-18)32-17-8-9-22(26)20(13-17)23-19-6-3-7-21(25)24(19)29-14-28-23/h2-9,12-15H,10-11,27H2,1H3. The van der Waals surface area contributed by atoms with E-state index in [0.29, 0.717) is 39.5 Å². The summed E-state index contributed by atoms with van der Waals surface area (Å²) < 4.78 is 46.2. The topological polar surface area (TPSA) is 95.2 Å². The number of fused-ring (bicyclic) bond motifs is 1. The van der Waals surface area contributed by atoms with Crippen molar-refractivity contribution in [1.29, 1.82) is 0 Å². The molecule has 9 heteroatoms. The van der Waals surface area contributed by atoms with Crippen LogP contribution in [0.2, 0.25) is 5.02 Å². The number of aromatic nitrogens is 2. The van der Waals surface area contributed by atoms with E-state index in [2.05, 4.69) is 9.97 Å². The zero-order valence-corrected chi connectivity index (χ0v) is 19.3. The normalized spacial score (nSPS) is 12.6. The predicted octanol–water partition coefficient (Wildman–Crippen LogP) is 5.39. The smallest absolute Gasteiger partial charge is 0.181 e. The molecule has 1 aromatic heterocycles. The van der Waals surface area contributed by atoms with Crippen molar-refractivity contribution < 1.29 is 17.5 Å². The molecule has 0 aliphatic heterocycles. The van der Waals surface area contributed by atoms with Crippen LogP contribution in [0.4, 0.5) is 4.39 Å². The molecule has 1 heterocycles. The molecular weight excluding hydrogens is 465 g/mol. The number of benzene rings is 3. The van der Waals surface area contributed by atoms with Crippen molar-refractivity contribution in [3.8, 4) is 22.8 Å². The Morgan fingerprint density at radius 2 is 1.82 bits per heavy atom. The summed E-state index contributed by atoms with van der Waals surface area (Å²) in [7, 11) is -3.55. The van der Waals surface area contributed by atoms with E-state index in [1.165, 1.54) is 36.7 Å². The van der Waals surface area contributed by atoms with Gasteiger partial charge in [0.1, 0.15) is 23.6 Å². The van der Waals surface area contributed by atoms with Crippen molar-refractivity contribution in [2.45, 2.75) is 23.5 Å². The number of nitrogens with zero attached hydrogens (tertiary/aromatic N) is 2. The van der Waals surface area contributed by atoms with E-state index in [4.69, 9.17) is 22.1 Å². The monoisotopic (exact) mass is 485 g/mol. The molecule has 1 unspecified atom stereocenters. The minimum Gasteiger partial charge on any atom is -0.457 e. The molecule has 0 aliphatic carbocycles. The van der Waals surface area contributed by atoms with Crippen molar-refractivity contribution >= 4 is 32.3 Å². The Kier molecular flexibility index (Phi) is 6.60. The van der Waals surface area contributed by atoms with Crippen LogP contribution in [0.5, 0.6) is 11.5 Å². The van der Waals surface area contributed by atoms with Crippen LogP contribution in [0.25, 0.3) is 22.2 Å². The Morgan fingerprint density at radius 1 is 1.06 bits per heavy atom. The maximum absolute atomic E-state index is 14.8. The number of hydrogen-bond donors (Lipinski definition) is 1. The first kappa shape index (κ1) is 23.1. The number of rotatable bonds is 7. The zero-order chi connectivity index (χ0) is 23.6. The van der Waals surface area contributed by atoms with Crippen molar-refractivity contribution in [3.63, 3.8) is 0 Å². The van der Waals surface area contributed by atoms with Crippen LogP contribution in [0, 0.1) is 5.82 Å². The van der Waals surface area contributed by atoms with Crippen LogP contribution >= 0.6 is 11.6 Å². The van der Waals surface area contributed by atoms with Gasteiger partial charge in [-0.25, -0.2) is 22.8 Å². The number of halogens is 2. The molecule has 0 spiro atoms. The summed E-state index contributed by atoms with van der Waals surface area (Å²) in [6.45, 7) is 1.90. The molecule has 0 fully saturated rings. The Hall–Kier alpha value is -3.07. The molecule has 0 amide bonds. The van der Waals surface area contributed by atoms with E-state index in [9.17, 15) is 12.8 Å². The summed E-state index contributed by atoms with van der Waals surface area (Å²) in [5, 5.41) is 0.418. The number of ether oxygens (including phenoxy) is 1. The molecular formula is C24H21ClFN3O3S. The van der Waals surface area contributed by atoms with Gasteiger partial charge in [0.05, 0.1) is 26.4 Å². The van der Waals surface area contributed by atoms with Gasteiger partial charge in [-0.3, -0.25) is 0 Å². The second-order valence-corrected chi connectivity index (χ2v) is 10.3. The second-order valence-electron chi connectivity index (χ2n) is 7.51. The highest BCUT2D eigenvalue weighted by Gasteiger charge is 2.23.